The lowest BCUT2D eigenvalue weighted by Gasteiger charge is -2.22. The molecule has 2 aromatic rings. The van der Waals surface area contributed by atoms with Crippen LogP contribution in [0.2, 0.25) is 0 Å². The Hall–Kier alpha value is -1.56. The van der Waals surface area contributed by atoms with Crippen LogP contribution in [0.25, 0.3) is 0 Å². The quantitative estimate of drug-likeness (QED) is 0.628. The van der Waals surface area contributed by atoms with Gasteiger partial charge in [-0.05, 0) is 34.1 Å². The zero-order valence-corrected chi connectivity index (χ0v) is 13.4. The van der Waals surface area contributed by atoms with Crippen molar-refractivity contribution in [1.82, 2.24) is 0 Å². The number of benzene rings is 2. The SMILES string of the molecule is CC(C)c1ccccc1C(C)c1ccccc1C(C)C. The third kappa shape index (κ3) is 2.95. The Kier molecular flexibility index (Phi) is 4.65. The lowest BCUT2D eigenvalue weighted by Crippen LogP contribution is -2.06. The van der Waals surface area contributed by atoms with Crippen LogP contribution in [0.1, 0.15) is 74.6 Å². The molecule has 0 aliphatic rings. The third-order valence-corrected chi connectivity index (χ3v) is 4.17. The molecule has 0 spiro atoms. The molecule has 2 rings (SSSR count). The van der Waals surface area contributed by atoms with E-state index in [1.165, 1.54) is 22.3 Å². The fourth-order valence-corrected chi connectivity index (χ4v) is 3.03. The summed E-state index contributed by atoms with van der Waals surface area (Å²) in [6, 6.07) is 17.8. The molecule has 0 heterocycles. The minimum absolute atomic E-state index is 0.451. The van der Waals surface area contributed by atoms with E-state index in [2.05, 4.69) is 83.1 Å². The molecule has 0 nitrogen and oxygen atoms in total. The van der Waals surface area contributed by atoms with Crippen molar-refractivity contribution in [3.63, 3.8) is 0 Å². The van der Waals surface area contributed by atoms with Crippen LogP contribution in [-0.4, -0.2) is 0 Å². The highest BCUT2D eigenvalue weighted by molar-refractivity contribution is 5.42. The van der Waals surface area contributed by atoms with E-state index >= 15 is 0 Å². The van der Waals surface area contributed by atoms with E-state index in [0.29, 0.717) is 17.8 Å². The van der Waals surface area contributed by atoms with Gasteiger partial charge in [-0.3, -0.25) is 0 Å². The summed E-state index contributed by atoms with van der Waals surface area (Å²) in [6.45, 7) is 11.4. The van der Waals surface area contributed by atoms with Gasteiger partial charge in [0.05, 0.1) is 0 Å². The summed E-state index contributed by atoms with van der Waals surface area (Å²) in [5, 5.41) is 0. The minimum Gasteiger partial charge on any atom is -0.0620 e. The molecule has 0 bridgehead atoms. The first-order valence-corrected chi connectivity index (χ1v) is 7.70. The third-order valence-electron chi connectivity index (χ3n) is 4.17. The fourth-order valence-electron chi connectivity index (χ4n) is 3.03. The second kappa shape index (κ2) is 6.26. The van der Waals surface area contributed by atoms with Crippen molar-refractivity contribution in [2.24, 2.45) is 0 Å². The van der Waals surface area contributed by atoms with Crippen molar-refractivity contribution in [2.45, 2.75) is 52.4 Å². The molecular formula is C20H26. The second-order valence-corrected chi connectivity index (χ2v) is 6.29. The molecule has 0 unspecified atom stereocenters. The van der Waals surface area contributed by atoms with Gasteiger partial charge in [0.1, 0.15) is 0 Å². The molecule has 0 aliphatic heterocycles. The maximum atomic E-state index is 2.34. The van der Waals surface area contributed by atoms with Crippen LogP contribution in [0.3, 0.4) is 0 Å². The maximum absolute atomic E-state index is 2.34. The first-order chi connectivity index (χ1) is 9.52. The van der Waals surface area contributed by atoms with Crippen LogP contribution in [0.4, 0.5) is 0 Å². The monoisotopic (exact) mass is 266 g/mol. The van der Waals surface area contributed by atoms with Gasteiger partial charge >= 0.3 is 0 Å². The first kappa shape index (κ1) is 14.8. The molecule has 0 saturated heterocycles. The van der Waals surface area contributed by atoms with Crippen molar-refractivity contribution in [3.05, 3.63) is 70.8 Å². The van der Waals surface area contributed by atoms with E-state index < -0.39 is 0 Å². The predicted molar refractivity (Wildman–Crippen MR) is 88.6 cm³/mol. The Bertz CT molecular complexity index is 512. The van der Waals surface area contributed by atoms with Gasteiger partial charge in [-0.1, -0.05) is 83.1 Å². The van der Waals surface area contributed by atoms with Gasteiger partial charge in [-0.15, -0.1) is 0 Å². The van der Waals surface area contributed by atoms with Crippen molar-refractivity contribution >= 4 is 0 Å². The lowest BCUT2D eigenvalue weighted by molar-refractivity contribution is 0.783. The summed E-state index contributed by atoms with van der Waals surface area (Å²) >= 11 is 0. The summed E-state index contributed by atoms with van der Waals surface area (Å²) in [4.78, 5) is 0. The summed E-state index contributed by atoms with van der Waals surface area (Å²) < 4.78 is 0. The summed E-state index contributed by atoms with van der Waals surface area (Å²) in [5.74, 6) is 1.59. The zero-order valence-electron chi connectivity index (χ0n) is 13.4. The van der Waals surface area contributed by atoms with Gasteiger partial charge in [0.25, 0.3) is 0 Å². The smallest absolute Gasteiger partial charge is 0.00666 e. The Balaban J connectivity index is 2.50. The molecule has 0 heteroatoms. The van der Waals surface area contributed by atoms with E-state index in [1.807, 2.05) is 0 Å². The Labute approximate surface area is 123 Å². The molecule has 0 atom stereocenters. The van der Waals surface area contributed by atoms with Crippen molar-refractivity contribution < 1.29 is 0 Å². The number of hydrogen-bond acceptors (Lipinski definition) is 0. The molecule has 0 aliphatic carbocycles. The van der Waals surface area contributed by atoms with Gasteiger partial charge in [0, 0.05) is 5.92 Å². The Morgan fingerprint density at radius 2 is 0.800 bits per heavy atom. The maximum Gasteiger partial charge on any atom is 0.00666 e. The van der Waals surface area contributed by atoms with E-state index in [4.69, 9.17) is 0 Å². The predicted octanol–water partition coefficient (Wildman–Crippen LogP) is 6.09. The highest BCUT2D eigenvalue weighted by atomic mass is 14.2. The van der Waals surface area contributed by atoms with Crippen LogP contribution < -0.4 is 0 Å². The standard InChI is InChI=1S/C20H26/c1-14(2)17-10-6-8-12-19(17)16(5)20-13-9-7-11-18(20)15(3)4/h6-16H,1-5H3. The molecule has 0 radical (unpaired) electrons. The van der Waals surface area contributed by atoms with Crippen LogP contribution in [0.15, 0.2) is 48.5 Å². The van der Waals surface area contributed by atoms with Crippen LogP contribution in [0.5, 0.6) is 0 Å². The van der Waals surface area contributed by atoms with Gasteiger partial charge in [0.2, 0.25) is 0 Å². The highest BCUT2D eigenvalue weighted by Gasteiger charge is 2.17. The zero-order chi connectivity index (χ0) is 14.7. The van der Waals surface area contributed by atoms with E-state index in [9.17, 15) is 0 Å². The van der Waals surface area contributed by atoms with Crippen LogP contribution in [-0.2, 0) is 0 Å². The molecule has 20 heavy (non-hydrogen) atoms. The summed E-state index contributed by atoms with van der Waals surface area (Å²) in [7, 11) is 0. The van der Waals surface area contributed by atoms with Crippen LogP contribution >= 0.6 is 0 Å². The van der Waals surface area contributed by atoms with E-state index in [0.717, 1.165) is 0 Å². The molecule has 0 aromatic heterocycles. The average Bonchev–Trinajstić information content (AvgIpc) is 2.46. The highest BCUT2D eigenvalue weighted by Crippen LogP contribution is 2.34. The molecule has 0 N–H and O–H groups in total. The lowest BCUT2D eigenvalue weighted by atomic mass is 9.82. The van der Waals surface area contributed by atoms with E-state index in [-0.39, 0.29) is 0 Å². The van der Waals surface area contributed by atoms with Crippen molar-refractivity contribution in [1.29, 1.82) is 0 Å². The minimum atomic E-state index is 0.451. The summed E-state index contributed by atoms with van der Waals surface area (Å²) in [5.41, 5.74) is 5.88. The molecular weight excluding hydrogens is 240 g/mol. The molecule has 0 fully saturated rings. The molecule has 106 valence electrons. The van der Waals surface area contributed by atoms with Crippen molar-refractivity contribution in [2.75, 3.05) is 0 Å². The van der Waals surface area contributed by atoms with Crippen molar-refractivity contribution in [3.8, 4) is 0 Å². The second-order valence-electron chi connectivity index (χ2n) is 6.29. The van der Waals surface area contributed by atoms with Gasteiger partial charge in [-0.25, -0.2) is 0 Å². The Morgan fingerprint density at radius 1 is 0.500 bits per heavy atom. The summed E-state index contributed by atoms with van der Waals surface area (Å²) in [6.07, 6.45) is 0. The van der Waals surface area contributed by atoms with Gasteiger partial charge < -0.3 is 0 Å². The van der Waals surface area contributed by atoms with Gasteiger partial charge in [0.15, 0.2) is 0 Å². The average molecular weight is 266 g/mol. The first-order valence-electron chi connectivity index (χ1n) is 7.70. The largest absolute Gasteiger partial charge is 0.0620 e. The van der Waals surface area contributed by atoms with E-state index in [1.54, 1.807) is 0 Å². The fraction of sp³-hybridized carbons (Fsp3) is 0.400. The van der Waals surface area contributed by atoms with Gasteiger partial charge in [-0.2, -0.15) is 0 Å². The number of rotatable bonds is 4. The molecule has 0 amide bonds. The molecule has 2 aromatic carbocycles. The van der Waals surface area contributed by atoms with Crippen LogP contribution in [0, 0.1) is 0 Å². The normalized spacial score (nSPS) is 11.6. The number of hydrogen-bond donors (Lipinski definition) is 0. The Morgan fingerprint density at radius 3 is 1.10 bits per heavy atom. The molecule has 0 saturated carbocycles. The topological polar surface area (TPSA) is 0 Å².